The topological polar surface area (TPSA) is 64.9 Å². The second kappa shape index (κ2) is 5.82. The molecule has 2 rings (SSSR count). The lowest BCUT2D eigenvalue weighted by Crippen LogP contribution is -2.13. The SMILES string of the molecule is CCCc1nc(C(N)c2ccc(Br)c(Cl)c2)no1. The molecule has 0 bridgehead atoms. The van der Waals surface area contributed by atoms with E-state index in [1.54, 1.807) is 6.07 Å². The minimum atomic E-state index is -0.426. The highest BCUT2D eigenvalue weighted by molar-refractivity contribution is 9.10. The minimum absolute atomic E-state index is 0.426. The van der Waals surface area contributed by atoms with Gasteiger partial charge in [-0.2, -0.15) is 4.98 Å². The number of rotatable bonds is 4. The molecule has 6 heteroatoms. The summed E-state index contributed by atoms with van der Waals surface area (Å²) in [6.07, 6.45) is 1.72. The van der Waals surface area contributed by atoms with Crippen molar-refractivity contribution in [2.75, 3.05) is 0 Å². The third kappa shape index (κ3) is 2.91. The first-order valence-electron chi connectivity index (χ1n) is 5.64. The van der Waals surface area contributed by atoms with Gasteiger partial charge in [0.1, 0.15) is 0 Å². The van der Waals surface area contributed by atoms with Crippen LogP contribution in [0.15, 0.2) is 27.2 Å². The lowest BCUT2D eigenvalue weighted by atomic mass is 10.1. The molecule has 1 heterocycles. The highest BCUT2D eigenvalue weighted by atomic mass is 79.9. The summed E-state index contributed by atoms with van der Waals surface area (Å²) >= 11 is 9.37. The van der Waals surface area contributed by atoms with Gasteiger partial charge in [0.25, 0.3) is 0 Å². The quantitative estimate of drug-likeness (QED) is 0.932. The van der Waals surface area contributed by atoms with Gasteiger partial charge >= 0.3 is 0 Å². The third-order valence-corrected chi connectivity index (χ3v) is 3.76. The maximum atomic E-state index is 6.09. The Morgan fingerprint density at radius 2 is 2.28 bits per heavy atom. The van der Waals surface area contributed by atoms with Gasteiger partial charge in [0, 0.05) is 10.9 Å². The van der Waals surface area contributed by atoms with Gasteiger partial charge in [-0.05, 0) is 40.0 Å². The van der Waals surface area contributed by atoms with Crippen molar-refractivity contribution in [1.82, 2.24) is 10.1 Å². The number of halogens is 2. The average Bonchev–Trinajstić information content (AvgIpc) is 2.81. The van der Waals surface area contributed by atoms with Crippen molar-refractivity contribution in [3.8, 4) is 0 Å². The first-order chi connectivity index (χ1) is 8.61. The van der Waals surface area contributed by atoms with Crippen molar-refractivity contribution < 1.29 is 4.52 Å². The monoisotopic (exact) mass is 329 g/mol. The fourth-order valence-corrected chi connectivity index (χ4v) is 2.00. The zero-order valence-corrected chi connectivity index (χ0v) is 12.2. The van der Waals surface area contributed by atoms with Gasteiger partial charge in [0.15, 0.2) is 5.82 Å². The Morgan fingerprint density at radius 3 is 2.94 bits per heavy atom. The van der Waals surface area contributed by atoms with Gasteiger partial charge in [-0.1, -0.05) is 29.7 Å². The van der Waals surface area contributed by atoms with Gasteiger partial charge in [0.05, 0.1) is 11.1 Å². The minimum Gasteiger partial charge on any atom is -0.339 e. The summed E-state index contributed by atoms with van der Waals surface area (Å²) < 4.78 is 5.95. The number of aromatic nitrogens is 2. The number of aryl methyl sites for hydroxylation is 1. The van der Waals surface area contributed by atoms with Crippen LogP contribution in [-0.2, 0) is 6.42 Å². The molecule has 18 heavy (non-hydrogen) atoms. The normalized spacial score (nSPS) is 12.7. The van der Waals surface area contributed by atoms with Crippen LogP contribution < -0.4 is 5.73 Å². The van der Waals surface area contributed by atoms with Crippen LogP contribution in [0.1, 0.15) is 36.7 Å². The van der Waals surface area contributed by atoms with E-state index in [9.17, 15) is 0 Å². The summed E-state index contributed by atoms with van der Waals surface area (Å²) in [6, 6.07) is 5.11. The van der Waals surface area contributed by atoms with Crippen LogP contribution in [-0.4, -0.2) is 10.1 Å². The van der Waals surface area contributed by atoms with Crippen LogP contribution in [0.2, 0.25) is 5.02 Å². The lowest BCUT2D eigenvalue weighted by Gasteiger charge is -2.08. The molecule has 2 N–H and O–H groups in total. The van der Waals surface area contributed by atoms with Crippen LogP contribution in [0.4, 0.5) is 0 Å². The Hall–Kier alpha value is -0.910. The van der Waals surface area contributed by atoms with Crippen molar-refractivity contribution in [3.63, 3.8) is 0 Å². The van der Waals surface area contributed by atoms with Gasteiger partial charge in [-0.25, -0.2) is 0 Å². The molecule has 0 aliphatic rings. The van der Waals surface area contributed by atoms with Gasteiger partial charge in [-0.15, -0.1) is 0 Å². The second-order valence-electron chi connectivity index (χ2n) is 3.95. The van der Waals surface area contributed by atoms with E-state index in [-0.39, 0.29) is 0 Å². The molecule has 2 aromatic rings. The zero-order valence-electron chi connectivity index (χ0n) is 9.86. The smallest absolute Gasteiger partial charge is 0.226 e. The van der Waals surface area contributed by atoms with Crippen molar-refractivity contribution in [2.24, 2.45) is 5.73 Å². The van der Waals surface area contributed by atoms with Crippen LogP contribution in [0, 0.1) is 0 Å². The largest absolute Gasteiger partial charge is 0.339 e. The molecule has 0 saturated heterocycles. The van der Waals surface area contributed by atoms with Crippen molar-refractivity contribution in [1.29, 1.82) is 0 Å². The van der Waals surface area contributed by atoms with Crippen LogP contribution in [0.5, 0.6) is 0 Å². The number of nitrogens with two attached hydrogens (primary N) is 1. The summed E-state index contributed by atoms with van der Waals surface area (Å²) in [6.45, 7) is 2.05. The Kier molecular flexibility index (Phi) is 4.37. The maximum absolute atomic E-state index is 6.09. The van der Waals surface area contributed by atoms with E-state index in [4.69, 9.17) is 21.9 Å². The summed E-state index contributed by atoms with van der Waals surface area (Å²) in [5.74, 6) is 1.10. The van der Waals surface area contributed by atoms with Gasteiger partial charge in [0.2, 0.25) is 5.89 Å². The van der Waals surface area contributed by atoms with Crippen molar-refractivity contribution in [2.45, 2.75) is 25.8 Å². The molecule has 1 aromatic carbocycles. The van der Waals surface area contributed by atoms with Crippen molar-refractivity contribution in [3.05, 3.63) is 45.0 Å². The van der Waals surface area contributed by atoms with Crippen molar-refractivity contribution >= 4 is 27.5 Å². The number of hydrogen-bond donors (Lipinski definition) is 1. The van der Waals surface area contributed by atoms with E-state index in [1.165, 1.54) is 0 Å². The second-order valence-corrected chi connectivity index (χ2v) is 5.21. The van der Waals surface area contributed by atoms with E-state index in [0.29, 0.717) is 16.7 Å². The molecule has 0 radical (unpaired) electrons. The fraction of sp³-hybridized carbons (Fsp3) is 0.333. The number of benzene rings is 1. The van der Waals surface area contributed by atoms with Crippen LogP contribution in [0.25, 0.3) is 0 Å². The van der Waals surface area contributed by atoms with Gasteiger partial charge in [-0.3, -0.25) is 0 Å². The molecule has 0 amide bonds. The highest BCUT2D eigenvalue weighted by Crippen LogP contribution is 2.27. The van der Waals surface area contributed by atoms with E-state index >= 15 is 0 Å². The molecule has 4 nitrogen and oxygen atoms in total. The van der Waals surface area contributed by atoms with E-state index in [0.717, 1.165) is 22.9 Å². The highest BCUT2D eigenvalue weighted by Gasteiger charge is 2.16. The Bertz CT molecular complexity index is 544. The van der Waals surface area contributed by atoms with E-state index < -0.39 is 6.04 Å². The standard InChI is InChI=1S/C12H13BrClN3O/c1-2-3-10-16-12(17-18-10)11(15)7-4-5-8(13)9(14)6-7/h4-6,11H,2-3,15H2,1H3. The summed E-state index contributed by atoms with van der Waals surface area (Å²) in [5, 5.41) is 4.51. The molecule has 96 valence electrons. The molecule has 0 spiro atoms. The van der Waals surface area contributed by atoms with Crippen LogP contribution >= 0.6 is 27.5 Å². The molecule has 0 aliphatic heterocycles. The van der Waals surface area contributed by atoms with Gasteiger partial charge < -0.3 is 10.3 Å². The number of nitrogens with zero attached hydrogens (tertiary/aromatic N) is 2. The summed E-state index contributed by atoms with van der Waals surface area (Å²) in [4.78, 5) is 4.27. The fourth-order valence-electron chi connectivity index (χ4n) is 1.56. The molecule has 0 saturated carbocycles. The predicted molar refractivity (Wildman–Crippen MR) is 73.5 cm³/mol. The van der Waals surface area contributed by atoms with E-state index in [1.807, 2.05) is 12.1 Å². The Balaban J connectivity index is 2.23. The molecule has 1 atom stereocenters. The Labute approximate surface area is 119 Å². The molecular formula is C12H13BrClN3O. The first kappa shape index (κ1) is 13.5. The van der Waals surface area contributed by atoms with E-state index in [2.05, 4.69) is 33.0 Å². The number of hydrogen-bond acceptors (Lipinski definition) is 4. The third-order valence-electron chi connectivity index (χ3n) is 2.53. The summed E-state index contributed by atoms with van der Waals surface area (Å²) in [5.41, 5.74) is 6.94. The molecule has 1 aromatic heterocycles. The molecular weight excluding hydrogens is 318 g/mol. The summed E-state index contributed by atoms with van der Waals surface area (Å²) in [7, 11) is 0. The lowest BCUT2D eigenvalue weighted by molar-refractivity contribution is 0.370. The zero-order chi connectivity index (χ0) is 13.1. The molecule has 0 fully saturated rings. The molecule has 0 aliphatic carbocycles. The van der Waals surface area contributed by atoms with Crippen LogP contribution in [0.3, 0.4) is 0 Å². The maximum Gasteiger partial charge on any atom is 0.226 e. The first-order valence-corrected chi connectivity index (χ1v) is 6.82. The predicted octanol–water partition coefficient (Wildman–Crippen LogP) is 3.49. The Morgan fingerprint density at radius 1 is 1.50 bits per heavy atom. The molecule has 1 unspecified atom stereocenters. The average molecular weight is 331 g/mol.